The molecule has 1 aliphatic heterocycles. The number of alkyl halides is 2. The van der Waals surface area contributed by atoms with E-state index in [2.05, 4.69) is 15.4 Å². The lowest BCUT2D eigenvalue weighted by atomic mass is 9.92. The number of hydrogen-bond donors (Lipinski definition) is 2. The van der Waals surface area contributed by atoms with Crippen LogP contribution in [0.1, 0.15) is 38.7 Å². The largest absolute Gasteiger partial charge is 0.435 e. The maximum Gasteiger partial charge on any atom is 0.387 e. The summed E-state index contributed by atoms with van der Waals surface area (Å²) in [5.74, 6) is -1.06. The summed E-state index contributed by atoms with van der Waals surface area (Å²) in [5.41, 5.74) is -0.989. The molecule has 0 aliphatic carbocycles. The van der Waals surface area contributed by atoms with Gasteiger partial charge < -0.3 is 15.4 Å². The summed E-state index contributed by atoms with van der Waals surface area (Å²) in [7, 11) is 0. The van der Waals surface area contributed by atoms with E-state index in [9.17, 15) is 23.2 Å². The molecule has 9 heteroatoms. The molecule has 1 aromatic rings. The Morgan fingerprint density at radius 1 is 1.26 bits per heavy atom. The molecule has 4 amide bonds. The third kappa shape index (κ3) is 4.93. The Morgan fingerprint density at radius 3 is 2.52 bits per heavy atom. The summed E-state index contributed by atoms with van der Waals surface area (Å²) >= 11 is 0. The number of amides is 4. The van der Waals surface area contributed by atoms with E-state index in [1.807, 2.05) is 6.92 Å². The SMILES string of the molecule is CCCCCNC(=O)CN1C(=O)N[C@@](C)(c2ccc(OC(F)F)cc2)C1=O. The average Bonchev–Trinajstić information content (AvgIpc) is 2.83. The summed E-state index contributed by atoms with van der Waals surface area (Å²) < 4.78 is 28.7. The molecule has 27 heavy (non-hydrogen) atoms. The van der Waals surface area contributed by atoms with Crippen LogP contribution in [-0.2, 0) is 15.1 Å². The van der Waals surface area contributed by atoms with Crippen LogP contribution in [0.25, 0.3) is 0 Å². The predicted molar refractivity (Wildman–Crippen MR) is 93.2 cm³/mol. The first-order valence-electron chi connectivity index (χ1n) is 8.74. The van der Waals surface area contributed by atoms with Gasteiger partial charge in [-0.05, 0) is 31.0 Å². The Bertz CT molecular complexity index is 696. The van der Waals surface area contributed by atoms with E-state index in [-0.39, 0.29) is 12.3 Å². The van der Waals surface area contributed by atoms with Crippen LogP contribution < -0.4 is 15.4 Å². The molecule has 0 bridgehead atoms. The highest BCUT2D eigenvalue weighted by molar-refractivity contribution is 6.09. The lowest BCUT2D eigenvalue weighted by molar-refractivity contribution is -0.134. The molecule has 1 fully saturated rings. The minimum absolute atomic E-state index is 0.0579. The molecule has 0 spiro atoms. The fourth-order valence-corrected chi connectivity index (χ4v) is 2.81. The first-order valence-corrected chi connectivity index (χ1v) is 8.74. The van der Waals surface area contributed by atoms with Gasteiger partial charge in [0.1, 0.15) is 17.8 Å². The number of carbonyl (C=O) groups is 3. The third-order valence-corrected chi connectivity index (χ3v) is 4.34. The molecule has 0 unspecified atom stereocenters. The molecular formula is C18H23F2N3O4. The number of ether oxygens (including phenoxy) is 1. The molecule has 148 valence electrons. The number of imide groups is 1. The molecule has 0 aromatic heterocycles. The summed E-state index contributed by atoms with van der Waals surface area (Å²) in [5, 5.41) is 5.23. The number of urea groups is 1. The molecule has 1 saturated heterocycles. The molecule has 1 aliphatic rings. The lowest BCUT2D eigenvalue weighted by Crippen LogP contribution is -2.43. The summed E-state index contributed by atoms with van der Waals surface area (Å²) in [6.07, 6.45) is 2.82. The second kappa shape index (κ2) is 8.79. The van der Waals surface area contributed by atoms with E-state index in [1.54, 1.807) is 0 Å². The summed E-state index contributed by atoms with van der Waals surface area (Å²) in [6.45, 7) is 0.695. The van der Waals surface area contributed by atoms with Crippen molar-refractivity contribution in [1.29, 1.82) is 0 Å². The van der Waals surface area contributed by atoms with Crippen LogP contribution in [0.4, 0.5) is 13.6 Å². The summed E-state index contributed by atoms with van der Waals surface area (Å²) in [6, 6.07) is 4.73. The van der Waals surface area contributed by atoms with Crippen LogP contribution in [0.3, 0.4) is 0 Å². The number of rotatable bonds is 9. The normalized spacial score (nSPS) is 19.4. The Labute approximate surface area is 156 Å². The monoisotopic (exact) mass is 383 g/mol. The second-order valence-electron chi connectivity index (χ2n) is 6.41. The number of benzene rings is 1. The van der Waals surface area contributed by atoms with Gasteiger partial charge in [-0.1, -0.05) is 31.9 Å². The molecule has 2 rings (SSSR count). The van der Waals surface area contributed by atoms with E-state index in [0.717, 1.165) is 24.2 Å². The van der Waals surface area contributed by atoms with Gasteiger partial charge in [-0.15, -0.1) is 0 Å². The van der Waals surface area contributed by atoms with Crippen molar-refractivity contribution in [2.45, 2.75) is 45.3 Å². The van der Waals surface area contributed by atoms with E-state index < -0.39 is 30.0 Å². The van der Waals surface area contributed by atoms with Crippen LogP contribution in [0.15, 0.2) is 24.3 Å². The van der Waals surface area contributed by atoms with E-state index >= 15 is 0 Å². The van der Waals surface area contributed by atoms with E-state index in [1.165, 1.54) is 31.2 Å². The molecule has 0 radical (unpaired) electrons. The first kappa shape index (κ1) is 20.6. The van der Waals surface area contributed by atoms with Crippen LogP contribution in [0, 0.1) is 0 Å². The number of nitrogens with one attached hydrogen (secondary N) is 2. The van der Waals surface area contributed by atoms with Crippen molar-refractivity contribution in [3.8, 4) is 5.75 Å². The molecule has 1 aromatic carbocycles. The van der Waals surface area contributed by atoms with Gasteiger partial charge in [-0.3, -0.25) is 14.5 Å². The van der Waals surface area contributed by atoms with Crippen molar-refractivity contribution in [2.75, 3.05) is 13.1 Å². The van der Waals surface area contributed by atoms with E-state index in [4.69, 9.17) is 0 Å². The zero-order chi connectivity index (χ0) is 20.0. The maximum atomic E-state index is 12.7. The molecule has 0 saturated carbocycles. The van der Waals surface area contributed by atoms with Gasteiger partial charge in [0.2, 0.25) is 5.91 Å². The molecule has 1 atom stereocenters. The van der Waals surface area contributed by atoms with Crippen molar-refractivity contribution >= 4 is 17.8 Å². The topological polar surface area (TPSA) is 87.7 Å². The van der Waals surface area contributed by atoms with Gasteiger partial charge in [0.15, 0.2) is 0 Å². The molecule has 7 nitrogen and oxygen atoms in total. The van der Waals surface area contributed by atoms with Crippen molar-refractivity contribution in [3.05, 3.63) is 29.8 Å². The number of hydrogen-bond acceptors (Lipinski definition) is 4. The smallest absolute Gasteiger partial charge is 0.387 e. The van der Waals surface area contributed by atoms with Crippen LogP contribution in [0.2, 0.25) is 0 Å². The fourth-order valence-electron chi connectivity index (χ4n) is 2.81. The lowest BCUT2D eigenvalue weighted by Gasteiger charge is -2.22. The zero-order valence-corrected chi connectivity index (χ0v) is 15.3. The second-order valence-corrected chi connectivity index (χ2v) is 6.41. The first-order chi connectivity index (χ1) is 12.8. The molecule has 1 heterocycles. The highest BCUT2D eigenvalue weighted by Gasteiger charge is 2.49. The Balaban J connectivity index is 2.04. The number of nitrogens with zero attached hydrogens (tertiary/aromatic N) is 1. The minimum Gasteiger partial charge on any atom is -0.435 e. The maximum absolute atomic E-state index is 12.7. The third-order valence-electron chi connectivity index (χ3n) is 4.34. The van der Waals surface area contributed by atoms with Crippen LogP contribution in [-0.4, -0.2) is 42.4 Å². The van der Waals surface area contributed by atoms with Gasteiger partial charge in [-0.2, -0.15) is 8.78 Å². The zero-order valence-electron chi connectivity index (χ0n) is 15.3. The Kier molecular flexibility index (Phi) is 6.70. The number of unbranched alkanes of at least 4 members (excludes halogenated alkanes) is 2. The molecule has 2 N–H and O–H groups in total. The predicted octanol–water partition coefficient (Wildman–Crippen LogP) is 2.36. The van der Waals surface area contributed by atoms with Crippen molar-refractivity contribution < 1.29 is 27.9 Å². The Hall–Kier alpha value is -2.71. The van der Waals surface area contributed by atoms with Gasteiger partial charge in [-0.25, -0.2) is 4.79 Å². The van der Waals surface area contributed by atoms with Gasteiger partial charge >= 0.3 is 12.6 Å². The quantitative estimate of drug-likeness (QED) is 0.506. The fraction of sp³-hybridized carbons (Fsp3) is 0.500. The standard InChI is InChI=1S/C18H23F2N3O4/c1-3-4-5-10-21-14(24)11-23-15(25)18(2,22-17(23)26)12-6-8-13(9-7-12)27-16(19)20/h6-9,16H,3-5,10-11H2,1-2H3,(H,21,24)(H,22,26)/t18-/m0/s1. The van der Waals surface area contributed by atoms with E-state index in [0.29, 0.717) is 12.1 Å². The number of halogens is 2. The van der Waals surface area contributed by atoms with Crippen molar-refractivity contribution in [2.24, 2.45) is 0 Å². The number of carbonyl (C=O) groups excluding carboxylic acids is 3. The average molecular weight is 383 g/mol. The van der Waals surface area contributed by atoms with Crippen molar-refractivity contribution in [3.63, 3.8) is 0 Å². The van der Waals surface area contributed by atoms with Gasteiger partial charge in [0, 0.05) is 6.54 Å². The molecular weight excluding hydrogens is 360 g/mol. The van der Waals surface area contributed by atoms with Gasteiger partial charge in [0.25, 0.3) is 5.91 Å². The van der Waals surface area contributed by atoms with Crippen molar-refractivity contribution in [1.82, 2.24) is 15.5 Å². The highest BCUT2D eigenvalue weighted by Crippen LogP contribution is 2.30. The highest BCUT2D eigenvalue weighted by atomic mass is 19.3. The van der Waals surface area contributed by atoms with Gasteiger partial charge in [0.05, 0.1) is 0 Å². The summed E-state index contributed by atoms with van der Waals surface area (Å²) in [4.78, 5) is 37.7. The Morgan fingerprint density at radius 2 is 1.93 bits per heavy atom. The van der Waals surface area contributed by atoms with Crippen LogP contribution in [0.5, 0.6) is 5.75 Å². The van der Waals surface area contributed by atoms with Crippen LogP contribution >= 0.6 is 0 Å². The minimum atomic E-state index is -2.95.